The molecule has 4 rings (SSSR count). The number of hydrogen-bond donors (Lipinski definition) is 0. The first-order valence-electron chi connectivity index (χ1n) is 9.41. The van der Waals surface area contributed by atoms with Crippen molar-refractivity contribution < 1.29 is 9.53 Å². The van der Waals surface area contributed by atoms with Crippen molar-refractivity contribution in [3.8, 4) is 0 Å². The molecule has 1 saturated carbocycles. The van der Waals surface area contributed by atoms with Gasteiger partial charge in [0.2, 0.25) is 5.91 Å². The van der Waals surface area contributed by atoms with Crippen molar-refractivity contribution in [2.45, 2.75) is 50.7 Å². The van der Waals surface area contributed by atoms with Crippen LogP contribution < -0.4 is 4.90 Å². The summed E-state index contributed by atoms with van der Waals surface area (Å²) in [6.07, 6.45) is 8.83. The van der Waals surface area contributed by atoms with Gasteiger partial charge in [0.15, 0.2) is 0 Å². The molecule has 2 saturated heterocycles. The Kier molecular flexibility index (Phi) is 4.69. The van der Waals surface area contributed by atoms with Gasteiger partial charge in [-0.15, -0.1) is 0 Å². The standard InChI is InChI=1S/C19H27N3O2/c23-19(22-12-13-24-17-8-2-1-7-16(17)22)15-6-5-11-21(14-15)18-9-3-4-10-20-18/h3-4,9-10,15-17H,1-2,5-8,11-14H2/t15-,16-,17-/m1/s1. The summed E-state index contributed by atoms with van der Waals surface area (Å²) in [5.74, 6) is 1.43. The van der Waals surface area contributed by atoms with Gasteiger partial charge in [-0.1, -0.05) is 18.9 Å². The molecule has 0 unspecified atom stereocenters. The van der Waals surface area contributed by atoms with Gasteiger partial charge in [0, 0.05) is 25.8 Å². The van der Waals surface area contributed by atoms with Gasteiger partial charge in [0.1, 0.15) is 5.82 Å². The highest BCUT2D eigenvalue weighted by molar-refractivity contribution is 5.80. The topological polar surface area (TPSA) is 45.7 Å². The van der Waals surface area contributed by atoms with E-state index in [1.165, 1.54) is 12.8 Å². The third-order valence-electron chi connectivity index (χ3n) is 5.76. The number of ether oxygens (including phenoxy) is 1. The quantitative estimate of drug-likeness (QED) is 0.836. The minimum absolute atomic E-state index is 0.0985. The van der Waals surface area contributed by atoms with Crippen LogP contribution in [0.4, 0.5) is 5.82 Å². The number of pyridine rings is 1. The van der Waals surface area contributed by atoms with Gasteiger partial charge in [-0.05, 0) is 37.8 Å². The first-order chi connectivity index (χ1) is 11.8. The van der Waals surface area contributed by atoms with E-state index >= 15 is 0 Å². The van der Waals surface area contributed by atoms with Crippen molar-refractivity contribution in [3.05, 3.63) is 24.4 Å². The predicted molar refractivity (Wildman–Crippen MR) is 92.9 cm³/mol. The number of fused-ring (bicyclic) bond motifs is 1. The Balaban J connectivity index is 1.45. The van der Waals surface area contributed by atoms with Crippen molar-refractivity contribution in [1.82, 2.24) is 9.88 Å². The van der Waals surface area contributed by atoms with E-state index in [1.54, 1.807) is 0 Å². The van der Waals surface area contributed by atoms with Crippen LogP contribution in [0.5, 0.6) is 0 Å². The molecule has 2 aliphatic heterocycles. The number of amides is 1. The van der Waals surface area contributed by atoms with Gasteiger partial charge in [-0.25, -0.2) is 4.98 Å². The number of morpholine rings is 1. The zero-order valence-corrected chi connectivity index (χ0v) is 14.3. The van der Waals surface area contributed by atoms with Crippen LogP contribution in [0.1, 0.15) is 38.5 Å². The molecular weight excluding hydrogens is 302 g/mol. The van der Waals surface area contributed by atoms with Crippen LogP contribution in [-0.4, -0.2) is 54.2 Å². The van der Waals surface area contributed by atoms with Crippen LogP contribution in [0.2, 0.25) is 0 Å². The number of carbonyl (C=O) groups excluding carboxylic acids is 1. The molecule has 3 atom stereocenters. The van der Waals surface area contributed by atoms with Crippen molar-refractivity contribution >= 4 is 11.7 Å². The Labute approximate surface area is 144 Å². The van der Waals surface area contributed by atoms with Crippen LogP contribution in [0.15, 0.2) is 24.4 Å². The first kappa shape index (κ1) is 15.9. The Hall–Kier alpha value is -1.62. The largest absolute Gasteiger partial charge is 0.374 e. The smallest absolute Gasteiger partial charge is 0.227 e. The highest BCUT2D eigenvalue weighted by Crippen LogP contribution is 2.31. The summed E-state index contributed by atoms with van der Waals surface area (Å²) < 4.78 is 5.93. The number of aromatic nitrogens is 1. The second kappa shape index (κ2) is 7.09. The summed E-state index contributed by atoms with van der Waals surface area (Å²) in [7, 11) is 0. The SMILES string of the molecule is O=C([C@@H]1CCCN(c2ccccn2)C1)N1CCO[C@@H]2CCCC[C@H]21. The van der Waals surface area contributed by atoms with Crippen molar-refractivity contribution in [1.29, 1.82) is 0 Å². The molecule has 0 aromatic carbocycles. The average Bonchev–Trinajstić information content (AvgIpc) is 2.68. The molecule has 3 heterocycles. The molecule has 130 valence electrons. The summed E-state index contributed by atoms with van der Waals surface area (Å²) in [5, 5.41) is 0. The molecule has 5 heteroatoms. The summed E-state index contributed by atoms with van der Waals surface area (Å²) >= 11 is 0. The highest BCUT2D eigenvalue weighted by atomic mass is 16.5. The van der Waals surface area contributed by atoms with Gasteiger partial charge < -0.3 is 14.5 Å². The van der Waals surface area contributed by atoms with Crippen molar-refractivity contribution in [2.24, 2.45) is 5.92 Å². The minimum Gasteiger partial charge on any atom is -0.374 e. The number of nitrogens with zero attached hydrogens (tertiary/aromatic N) is 3. The van der Waals surface area contributed by atoms with Crippen LogP contribution in [0.3, 0.4) is 0 Å². The van der Waals surface area contributed by atoms with E-state index in [0.717, 1.165) is 51.1 Å². The number of piperidine rings is 1. The minimum atomic E-state index is 0.0985. The third kappa shape index (κ3) is 3.14. The van der Waals surface area contributed by atoms with Gasteiger partial charge in [0.25, 0.3) is 0 Å². The van der Waals surface area contributed by atoms with Crippen molar-refractivity contribution in [3.63, 3.8) is 0 Å². The molecule has 5 nitrogen and oxygen atoms in total. The molecule has 0 bridgehead atoms. The lowest BCUT2D eigenvalue weighted by Crippen LogP contribution is -2.57. The summed E-state index contributed by atoms with van der Waals surface area (Å²) in [5.41, 5.74) is 0. The molecule has 1 aliphatic carbocycles. The fourth-order valence-electron chi connectivity index (χ4n) is 4.53. The first-order valence-corrected chi connectivity index (χ1v) is 9.41. The molecule has 1 amide bonds. The molecule has 3 fully saturated rings. The lowest BCUT2D eigenvalue weighted by molar-refractivity contribution is -0.154. The van der Waals surface area contributed by atoms with E-state index in [4.69, 9.17) is 4.74 Å². The zero-order valence-electron chi connectivity index (χ0n) is 14.3. The second-order valence-electron chi connectivity index (χ2n) is 7.27. The van der Waals surface area contributed by atoms with E-state index < -0.39 is 0 Å². The Morgan fingerprint density at radius 1 is 1.12 bits per heavy atom. The van der Waals surface area contributed by atoms with Gasteiger partial charge in [0.05, 0.1) is 24.7 Å². The fourth-order valence-corrected chi connectivity index (χ4v) is 4.53. The Morgan fingerprint density at radius 3 is 2.92 bits per heavy atom. The molecule has 1 aromatic heterocycles. The van der Waals surface area contributed by atoms with Crippen molar-refractivity contribution in [2.75, 3.05) is 31.1 Å². The average molecular weight is 329 g/mol. The molecule has 0 N–H and O–H groups in total. The summed E-state index contributed by atoms with van der Waals surface area (Å²) in [6, 6.07) is 6.30. The normalized spacial score (nSPS) is 30.8. The number of anilines is 1. The maximum Gasteiger partial charge on any atom is 0.227 e. The molecule has 1 aromatic rings. The Bertz CT molecular complexity index is 563. The number of rotatable bonds is 2. The van der Waals surface area contributed by atoms with Crippen LogP contribution in [0.25, 0.3) is 0 Å². The van der Waals surface area contributed by atoms with E-state index in [-0.39, 0.29) is 12.0 Å². The van der Waals surface area contributed by atoms with E-state index in [9.17, 15) is 4.79 Å². The zero-order chi connectivity index (χ0) is 16.4. The summed E-state index contributed by atoms with van der Waals surface area (Å²) in [4.78, 5) is 22.1. The molecule has 0 spiro atoms. The highest BCUT2D eigenvalue weighted by Gasteiger charge is 2.39. The monoisotopic (exact) mass is 329 g/mol. The van der Waals surface area contributed by atoms with Crippen LogP contribution in [0, 0.1) is 5.92 Å². The summed E-state index contributed by atoms with van der Waals surface area (Å²) in [6.45, 7) is 3.25. The molecular formula is C19H27N3O2. The maximum absolute atomic E-state index is 13.2. The van der Waals surface area contributed by atoms with E-state index in [2.05, 4.69) is 14.8 Å². The number of carbonyl (C=O) groups is 1. The second-order valence-corrected chi connectivity index (χ2v) is 7.27. The lowest BCUT2D eigenvalue weighted by atomic mass is 9.88. The van der Waals surface area contributed by atoms with Gasteiger partial charge in [-0.2, -0.15) is 0 Å². The van der Waals surface area contributed by atoms with Gasteiger partial charge in [-0.3, -0.25) is 4.79 Å². The Morgan fingerprint density at radius 2 is 2.04 bits per heavy atom. The lowest BCUT2D eigenvalue weighted by Gasteiger charge is -2.46. The molecule has 0 radical (unpaired) electrons. The number of hydrogen-bond acceptors (Lipinski definition) is 4. The predicted octanol–water partition coefficient (Wildman–Crippen LogP) is 2.47. The van der Waals surface area contributed by atoms with E-state index in [0.29, 0.717) is 18.6 Å². The van der Waals surface area contributed by atoms with E-state index in [1.807, 2.05) is 24.4 Å². The van der Waals surface area contributed by atoms with Crippen LogP contribution in [-0.2, 0) is 9.53 Å². The van der Waals surface area contributed by atoms with Crippen LogP contribution >= 0.6 is 0 Å². The third-order valence-corrected chi connectivity index (χ3v) is 5.76. The maximum atomic E-state index is 13.2. The van der Waals surface area contributed by atoms with Gasteiger partial charge >= 0.3 is 0 Å². The molecule has 3 aliphatic rings. The molecule has 24 heavy (non-hydrogen) atoms. The fraction of sp³-hybridized carbons (Fsp3) is 0.684.